The van der Waals surface area contributed by atoms with E-state index < -0.39 is 18.6 Å². The van der Waals surface area contributed by atoms with Crippen molar-refractivity contribution in [2.75, 3.05) is 11.9 Å². The summed E-state index contributed by atoms with van der Waals surface area (Å²) in [6.07, 6.45) is 0. The Morgan fingerprint density at radius 3 is 2.54 bits per heavy atom. The minimum Gasteiger partial charge on any atom is -0.480 e. The normalized spacial score (nSPS) is 12.3. The number of furan rings is 1. The third-order valence-electron chi connectivity index (χ3n) is 4.04. The predicted octanol–water partition coefficient (Wildman–Crippen LogP) is 2.90. The fourth-order valence-electron chi connectivity index (χ4n) is 2.76. The lowest BCUT2D eigenvalue weighted by atomic mass is 10.2. The van der Waals surface area contributed by atoms with Gasteiger partial charge in [-0.1, -0.05) is 42.5 Å². The fourth-order valence-corrected chi connectivity index (χ4v) is 2.76. The zero-order valence-corrected chi connectivity index (χ0v) is 13.6. The van der Waals surface area contributed by atoms with Crippen molar-refractivity contribution in [2.24, 2.45) is 0 Å². The van der Waals surface area contributed by atoms with E-state index in [-0.39, 0.29) is 5.82 Å². The molecule has 1 unspecified atom stereocenters. The van der Waals surface area contributed by atoms with Crippen molar-refractivity contribution in [3.8, 4) is 11.4 Å². The van der Waals surface area contributed by atoms with Crippen LogP contribution in [0, 0.1) is 0 Å². The molecule has 3 N–H and O–H groups in total. The lowest BCUT2D eigenvalue weighted by molar-refractivity contribution is -0.138. The molecule has 0 aliphatic rings. The van der Waals surface area contributed by atoms with Crippen LogP contribution in [0.4, 0.5) is 5.82 Å². The van der Waals surface area contributed by atoms with E-state index in [0.717, 1.165) is 10.9 Å². The van der Waals surface area contributed by atoms with Crippen LogP contribution in [-0.2, 0) is 4.79 Å². The van der Waals surface area contributed by atoms with Crippen molar-refractivity contribution in [2.45, 2.75) is 6.04 Å². The van der Waals surface area contributed by atoms with Crippen LogP contribution in [0.15, 0.2) is 59.0 Å². The van der Waals surface area contributed by atoms with Crippen molar-refractivity contribution in [3.05, 3.63) is 54.6 Å². The number of carbonyl (C=O) groups is 1. The topological polar surface area (TPSA) is 108 Å². The Morgan fingerprint density at radius 1 is 1.08 bits per heavy atom. The van der Waals surface area contributed by atoms with Gasteiger partial charge in [-0.05, 0) is 12.1 Å². The number of carboxylic acids is 1. The van der Waals surface area contributed by atoms with Crippen molar-refractivity contribution < 1.29 is 19.4 Å². The van der Waals surface area contributed by atoms with Gasteiger partial charge in [0.05, 0.1) is 6.61 Å². The highest BCUT2D eigenvalue weighted by atomic mass is 16.4. The SMILES string of the molecule is O=C(O)C(CO)Nc1nc(-c2ccccc2)nc2c1oc1ccccc12. The number of aliphatic hydroxyl groups excluding tert-OH is 1. The number of hydrogen-bond acceptors (Lipinski definition) is 6. The summed E-state index contributed by atoms with van der Waals surface area (Å²) in [6.45, 7) is -0.582. The molecule has 2 aromatic carbocycles. The van der Waals surface area contributed by atoms with Crippen LogP contribution in [0.3, 0.4) is 0 Å². The molecule has 0 aliphatic heterocycles. The number of nitrogens with one attached hydrogen (secondary N) is 1. The molecule has 0 saturated heterocycles. The first kappa shape index (κ1) is 16.0. The summed E-state index contributed by atoms with van der Waals surface area (Å²) in [4.78, 5) is 20.4. The Bertz CT molecular complexity index is 1090. The first-order valence-corrected chi connectivity index (χ1v) is 8.02. The van der Waals surface area contributed by atoms with E-state index in [1.807, 2.05) is 54.6 Å². The summed E-state index contributed by atoms with van der Waals surface area (Å²) in [5, 5.41) is 22.1. The lowest BCUT2D eigenvalue weighted by Crippen LogP contribution is -2.33. The number of para-hydroxylation sites is 1. The van der Waals surface area contributed by atoms with E-state index in [2.05, 4.69) is 15.3 Å². The molecule has 4 rings (SSSR count). The molecule has 0 fully saturated rings. The smallest absolute Gasteiger partial charge is 0.328 e. The largest absolute Gasteiger partial charge is 0.480 e. The second kappa shape index (κ2) is 6.45. The number of hydrogen-bond donors (Lipinski definition) is 3. The van der Waals surface area contributed by atoms with Crippen molar-refractivity contribution in [3.63, 3.8) is 0 Å². The van der Waals surface area contributed by atoms with Crippen molar-refractivity contribution in [1.82, 2.24) is 9.97 Å². The Kier molecular flexibility index (Phi) is 3.98. The van der Waals surface area contributed by atoms with Gasteiger partial charge in [0.1, 0.15) is 17.1 Å². The van der Waals surface area contributed by atoms with E-state index >= 15 is 0 Å². The van der Waals surface area contributed by atoms with Crippen LogP contribution in [-0.4, -0.2) is 38.8 Å². The Hall–Kier alpha value is -3.45. The van der Waals surface area contributed by atoms with Crippen molar-refractivity contribution in [1.29, 1.82) is 0 Å². The molecule has 26 heavy (non-hydrogen) atoms. The number of aromatic nitrogens is 2. The molecule has 7 heteroatoms. The molecular weight excluding hydrogens is 334 g/mol. The summed E-state index contributed by atoms with van der Waals surface area (Å²) < 4.78 is 5.84. The average molecular weight is 349 g/mol. The van der Waals surface area contributed by atoms with Gasteiger partial charge in [0.25, 0.3) is 0 Å². The van der Waals surface area contributed by atoms with E-state index in [4.69, 9.17) is 4.42 Å². The molecule has 7 nitrogen and oxygen atoms in total. The lowest BCUT2D eigenvalue weighted by Gasteiger charge is -2.13. The maximum absolute atomic E-state index is 11.3. The quantitative estimate of drug-likeness (QED) is 0.508. The molecule has 0 saturated carbocycles. The maximum Gasteiger partial charge on any atom is 0.328 e. The molecule has 0 bridgehead atoms. The minimum atomic E-state index is -1.20. The maximum atomic E-state index is 11.3. The average Bonchev–Trinajstić information content (AvgIpc) is 3.05. The zero-order chi connectivity index (χ0) is 18.1. The fraction of sp³-hybridized carbons (Fsp3) is 0.105. The second-order valence-corrected chi connectivity index (χ2v) is 5.76. The van der Waals surface area contributed by atoms with Crippen LogP contribution in [0.5, 0.6) is 0 Å². The van der Waals surface area contributed by atoms with Crippen molar-refractivity contribution >= 4 is 33.9 Å². The first-order valence-electron chi connectivity index (χ1n) is 8.02. The van der Waals surface area contributed by atoms with Gasteiger partial charge in [-0.3, -0.25) is 0 Å². The number of rotatable bonds is 5. The van der Waals surface area contributed by atoms with Crippen LogP contribution in [0.1, 0.15) is 0 Å². The number of aliphatic carboxylic acids is 1. The van der Waals surface area contributed by atoms with Crippen LogP contribution in [0.25, 0.3) is 33.5 Å². The summed E-state index contributed by atoms with van der Waals surface area (Å²) in [5.74, 6) is -0.516. The molecule has 1 atom stereocenters. The molecule has 0 aliphatic carbocycles. The van der Waals surface area contributed by atoms with Gasteiger partial charge in [0, 0.05) is 10.9 Å². The molecule has 2 heterocycles. The number of anilines is 1. The number of carboxylic acid groups (broad SMARTS) is 1. The third-order valence-corrected chi connectivity index (χ3v) is 4.04. The van der Waals surface area contributed by atoms with E-state index in [0.29, 0.717) is 22.5 Å². The first-order chi connectivity index (χ1) is 12.7. The van der Waals surface area contributed by atoms with Crippen LogP contribution in [0.2, 0.25) is 0 Å². The molecule has 4 aromatic rings. The summed E-state index contributed by atoms with van der Waals surface area (Å²) in [7, 11) is 0. The summed E-state index contributed by atoms with van der Waals surface area (Å²) >= 11 is 0. The number of aliphatic hydroxyl groups is 1. The molecule has 0 amide bonds. The highest BCUT2D eigenvalue weighted by molar-refractivity contribution is 6.06. The molecule has 130 valence electrons. The molecule has 0 spiro atoms. The van der Waals surface area contributed by atoms with Crippen LogP contribution < -0.4 is 5.32 Å². The predicted molar refractivity (Wildman–Crippen MR) is 96.9 cm³/mol. The van der Waals surface area contributed by atoms with Gasteiger partial charge in [-0.15, -0.1) is 0 Å². The minimum absolute atomic E-state index is 0.228. The van der Waals surface area contributed by atoms with Gasteiger partial charge in [0.15, 0.2) is 17.2 Å². The Labute approximate surface area is 147 Å². The summed E-state index contributed by atoms with van der Waals surface area (Å²) in [5.41, 5.74) is 2.35. The van der Waals surface area contributed by atoms with Gasteiger partial charge in [0.2, 0.25) is 0 Å². The number of benzene rings is 2. The monoisotopic (exact) mass is 349 g/mol. The second-order valence-electron chi connectivity index (χ2n) is 5.76. The number of nitrogens with zero attached hydrogens (tertiary/aromatic N) is 2. The molecule has 2 aromatic heterocycles. The van der Waals surface area contributed by atoms with Crippen LogP contribution >= 0.6 is 0 Å². The van der Waals surface area contributed by atoms with Gasteiger partial charge in [-0.2, -0.15) is 0 Å². The highest BCUT2D eigenvalue weighted by Gasteiger charge is 2.22. The third kappa shape index (κ3) is 2.74. The molecular formula is C19H15N3O4. The van der Waals surface area contributed by atoms with E-state index in [1.165, 1.54) is 0 Å². The standard InChI is InChI=1S/C19H15N3O4/c23-10-13(19(24)25)20-18-16-15(12-8-4-5-9-14(12)26-16)21-17(22-18)11-6-2-1-3-7-11/h1-9,13,23H,10H2,(H,24,25)(H,20,21,22). The van der Waals surface area contributed by atoms with Gasteiger partial charge >= 0.3 is 5.97 Å². The molecule has 0 radical (unpaired) electrons. The van der Waals surface area contributed by atoms with Gasteiger partial charge in [-0.25, -0.2) is 14.8 Å². The highest BCUT2D eigenvalue weighted by Crippen LogP contribution is 2.33. The Balaban J connectivity index is 1.97. The van der Waals surface area contributed by atoms with E-state index in [9.17, 15) is 15.0 Å². The van der Waals surface area contributed by atoms with Gasteiger partial charge < -0.3 is 19.9 Å². The zero-order valence-electron chi connectivity index (χ0n) is 13.6. The Morgan fingerprint density at radius 2 is 1.81 bits per heavy atom. The number of fused-ring (bicyclic) bond motifs is 3. The van der Waals surface area contributed by atoms with E-state index in [1.54, 1.807) is 0 Å². The summed E-state index contributed by atoms with van der Waals surface area (Å²) in [6, 6.07) is 15.6.